The fourth-order valence-electron chi connectivity index (χ4n) is 2.54. The molecule has 0 saturated carbocycles. The van der Waals surface area contributed by atoms with Crippen molar-refractivity contribution in [2.75, 3.05) is 6.54 Å². The Bertz CT molecular complexity index is 896. The number of pyridine rings is 1. The summed E-state index contributed by atoms with van der Waals surface area (Å²) in [6.07, 6.45) is 2.23. The van der Waals surface area contributed by atoms with Gasteiger partial charge in [0.15, 0.2) is 0 Å². The zero-order chi connectivity index (χ0) is 19.1. The Morgan fingerprint density at radius 1 is 1.07 bits per heavy atom. The molecule has 0 unspecified atom stereocenters. The summed E-state index contributed by atoms with van der Waals surface area (Å²) in [4.78, 5) is 15.1. The van der Waals surface area contributed by atoms with Crippen molar-refractivity contribution in [1.82, 2.24) is 10.3 Å². The number of primary amides is 1. The maximum absolute atomic E-state index is 13.1. The molecule has 0 aliphatic heterocycles. The third-order valence-corrected chi connectivity index (χ3v) is 3.98. The summed E-state index contributed by atoms with van der Waals surface area (Å²) in [6.45, 7) is 1.42. The topological polar surface area (TPSA) is 77.2 Å². The number of nitrogens with one attached hydrogen (secondary N) is 1. The second kappa shape index (κ2) is 8.91. The molecule has 0 aliphatic rings. The van der Waals surface area contributed by atoms with Crippen molar-refractivity contribution in [3.8, 4) is 11.6 Å². The summed E-state index contributed by atoms with van der Waals surface area (Å²) < 4.78 is 18.8. The van der Waals surface area contributed by atoms with Gasteiger partial charge in [0.25, 0.3) is 0 Å². The van der Waals surface area contributed by atoms with Gasteiger partial charge in [-0.25, -0.2) is 9.37 Å². The number of hydrogen-bond donors (Lipinski definition) is 2. The van der Waals surface area contributed by atoms with Gasteiger partial charge in [0.1, 0.15) is 11.6 Å². The average molecular weight is 365 g/mol. The number of aromatic nitrogens is 1. The minimum Gasteiger partial charge on any atom is -0.439 e. The van der Waals surface area contributed by atoms with Crippen molar-refractivity contribution < 1.29 is 13.9 Å². The summed E-state index contributed by atoms with van der Waals surface area (Å²) in [5.41, 5.74) is 7.60. The Labute approximate surface area is 157 Å². The number of nitrogens with two attached hydrogens (primary N) is 1. The number of rotatable bonds is 8. The van der Waals surface area contributed by atoms with Crippen molar-refractivity contribution in [2.45, 2.75) is 13.0 Å². The van der Waals surface area contributed by atoms with E-state index >= 15 is 0 Å². The third kappa shape index (κ3) is 5.62. The predicted octanol–water partition coefficient (Wildman–Crippen LogP) is 3.44. The molecule has 0 atom stereocenters. The van der Waals surface area contributed by atoms with E-state index < -0.39 is 5.91 Å². The van der Waals surface area contributed by atoms with Gasteiger partial charge in [-0.1, -0.05) is 24.3 Å². The van der Waals surface area contributed by atoms with Gasteiger partial charge >= 0.3 is 0 Å². The molecule has 6 heteroatoms. The molecule has 0 radical (unpaired) electrons. The van der Waals surface area contributed by atoms with Gasteiger partial charge in [-0.3, -0.25) is 4.79 Å². The molecule has 1 heterocycles. The molecule has 3 N–H and O–H groups in total. The lowest BCUT2D eigenvalue weighted by molar-refractivity contribution is 0.1000. The largest absolute Gasteiger partial charge is 0.439 e. The minimum absolute atomic E-state index is 0.219. The van der Waals surface area contributed by atoms with Crippen molar-refractivity contribution in [3.05, 3.63) is 89.4 Å². The normalized spacial score (nSPS) is 10.6. The van der Waals surface area contributed by atoms with Crippen molar-refractivity contribution in [3.63, 3.8) is 0 Å². The fourth-order valence-corrected chi connectivity index (χ4v) is 2.54. The van der Waals surface area contributed by atoms with E-state index in [0.29, 0.717) is 23.7 Å². The van der Waals surface area contributed by atoms with Crippen molar-refractivity contribution in [1.29, 1.82) is 0 Å². The van der Waals surface area contributed by atoms with Gasteiger partial charge < -0.3 is 15.8 Å². The average Bonchev–Trinajstić information content (AvgIpc) is 2.67. The molecule has 3 aromatic rings. The van der Waals surface area contributed by atoms with Crippen LogP contribution in [0.1, 0.15) is 21.5 Å². The van der Waals surface area contributed by atoms with Crippen molar-refractivity contribution >= 4 is 5.91 Å². The molecular weight excluding hydrogens is 345 g/mol. The Morgan fingerprint density at radius 2 is 1.89 bits per heavy atom. The van der Waals surface area contributed by atoms with Crippen LogP contribution in [0.4, 0.5) is 4.39 Å². The summed E-state index contributed by atoms with van der Waals surface area (Å²) in [5.74, 6) is 0.309. The van der Waals surface area contributed by atoms with E-state index in [9.17, 15) is 9.18 Å². The van der Waals surface area contributed by atoms with Crippen LogP contribution in [0.15, 0.2) is 66.9 Å². The highest BCUT2D eigenvalue weighted by Crippen LogP contribution is 2.20. The first-order valence-electron chi connectivity index (χ1n) is 8.58. The van der Waals surface area contributed by atoms with Crippen LogP contribution < -0.4 is 15.8 Å². The summed E-state index contributed by atoms with van der Waals surface area (Å²) >= 11 is 0. The van der Waals surface area contributed by atoms with Gasteiger partial charge in [0.2, 0.25) is 11.8 Å². The van der Waals surface area contributed by atoms with E-state index in [1.54, 1.807) is 18.2 Å². The monoisotopic (exact) mass is 365 g/mol. The molecule has 2 aromatic carbocycles. The quantitative estimate of drug-likeness (QED) is 0.600. The number of halogens is 1. The molecule has 1 amide bonds. The molecule has 27 heavy (non-hydrogen) atoms. The first kappa shape index (κ1) is 18.5. The molecule has 138 valence electrons. The Kier molecular flexibility index (Phi) is 6.12. The van der Waals surface area contributed by atoms with Gasteiger partial charge in [-0.15, -0.1) is 0 Å². The molecular formula is C21H20FN3O2. The first-order chi connectivity index (χ1) is 13.1. The van der Waals surface area contributed by atoms with E-state index in [0.717, 1.165) is 24.1 Å². The first-order valence-corrected chi connectivity index (χ1v) is 8.58. The molecule has 0 bridgehead atoms. The van der Waals surface area contributed by atoms with E-state index in [-0.39, 0.29) is 5.82 Å². The molecule has 0 saturated heterocycles. The van der Waals surface area contributed by atoms with Crippen LogP contribution in [-0.2, 0) is 13.0 Å². The Balaban J connectivity index is 1.46. The molecule has 3 rings (SSSR count). The van der Waals surface area contributed by atoms with Crippen LogP contribution in [0.2, 0.25) is 0 Å². The summed E-state index contributed by atoms with van der Waals surface area (Å²) in [6, 6.07) is 17.4. The maximum Gasteiger partial charge on any atom is 0.250 e. The lowest BCUT2D eigenvalue weighted by atomic mass is 10.1. The van der Waals surface area contributed by atoms with E-state index in [4.69, 9.17) is 10.5 Å². The number of nitrogens with zero attached hydrogens (tertiary/aromatic N) is 1. The third-order valence-electron chi connectivity index (χ3n) is 3.98. The zero-order valence-corrected chi connectivity index (χ0v) is 14.7. The second-order valence-corrected chi connectivity index (χ2v) is 6.05. The molecule has 0 fully saturated rings. The van der Waals surface area contributed by atoms with Gasteiger partial charge in [-0.05, 0) is 54.4 Å². The van der Waals surface area contributed by atoms with Gasteiger partial charge in [0.05, 0.1) is 5.56 Å². The van der Waals surface area contributed by atoms with Crippen molar-refractivity contribution in [2.24, 2.45) is 5.73 Å². The molecule has 0 spiro atoms. The van der Waals surface area contributed by atoms with E-state index in [2.05, 4.69) is 10.3 Å². The van der Waals surface area contributed by atoms with Gasteiger partial charge in [-0.2, -0.15) is 0 Å². The summed E-state index contributed by atoms with van der Waals surface area (Å²) in [7, 11) is 0. The SMILES string of the molecule is NC(=O)c1ccc(Oc2ccc(CCNCc3cccc(F)c3)cc2)nc1. The van der Waals surface area contributed by atoms with Crippen LogP contribution in [0.25, 0.3) is 0 Å². The number of benzene rings is 2. The van der Waals surface area contributed by atoms with E-state index in [1.807, 2.05) is 30.3 Å². The van der Waals surface area contributed by atoms with E-state index in [1.165, 1.54) is 18.3 Å². The van der Waals surface area contributed by atoms with Gasteiger partial charge in [0, 0.05) is 18.8 Å². The molecule has 5 nitrogen and oxygen atoms in total. The highest BCUT2D eigenvalue weighted by atomic mass is 19.1. The van der Waals surface area contributed by atoms with Crippen LogP contribution in [-0.4, -0.2) is 17.4 Å². The smallest absolute Gasteiger partial charge is 0.250 e. The van der Waals surface area contributed by atoms with Crippen LogP contribution in [0.3, 0.4) is 0 Å². The molecule has 1 aromatic heterocycles. The Hall–Kier alpha value is -3.25. The number of amides is 1. The highest BCUT2D eigenvalue weighted by molar-refractivity contribution is 5.92. The summed E-state index contributed by atoms with van der Waals surface area (Å²) in [5, 5.41) is 3.30. The minimum atomic E-state index is -0.524. The van der Waals surface area contributed by atoms with Crippen LogP contribution in [0, 0.1) is 5.82 Å². The van der Waals surface area contributed by atoms with Crippen LogP contribution >= 0.6 is 0 Å². The number of carbonyl (C=O) groups is 1. The lowest BCUT2D eigenvalue weighted by Crippen LogP contribution is -2.16. The zero-order valence-electron chi connectivity index (χ0n) is 14.7. The number of hydrogen-bond acceptors (Lipinski definition) is 4. The lowest BCUT2D eigenvalue weighted by Gasteiger charge is -2.08. The number of carbonyl (C=O) groups excluding carboxylic acids is 1. The standard InChI is InChI=1S/C21H20FN3O2/c22-18-3-1-2-16(12-18)13-24-11-10-15-4-7-19(8-5-15)27-20-9-6-17(14-25-20)21(23)26/h1-9,12,14,24H,10-11,13H2,(H2,23,26). The fraction of sp³-hybridized carbons (Fsp3) is 0.143. The van der Waals surface area contributed by atoms with Crippen LogP contribution in [0.5, 0.6) is 11.6 Å². The Morgan fingerprint density at radius 3 is 2.56 bits per heavy atom. The number of ether oxygens (including phenoxy) is 1. The predicted molar refractivity (Wildman–Crippen MR) is 101 cm³/mol. The highest BCUT2D eigenvalue weighted by Gasteiger charge is 2.03. The second-order valence-electron chi connectivity index (χ2n) is 6.05. The molecule has 0 aliphatic carbocycles. The maximum atomic E-state index is 13.1.